The summed E-state index contributed by atoms with van der Waals surface area (Å²) in [5.74, 6) is 0.404. The number of aromatic nitrogens is 2. The lowest BCUT2D eigenvalue weighted by molar-refractivity contribution is 0.0774. The molecule has 0 fully saturated rings. The molecule has 5 nitrogen and oxygen atoms in total. The predicted molar refractivity (Wildman–Crippen MR) is 64.3 cm³/mol. The average Bonchev–Trinajstić information content (AvgIpc) is 2.61. The van der Waals surface area contributed by atoms with Crippen LogP contribution in [0.2, 0.25) is 0 Å². The molecule has 0 spiro atoms. The molecule has 1 rings (SSSR count). The van der Waals surface area contributed by atoms with Gasteiger partial charge in [-0.05, 0) is 27.7 Å². The average molecular weight is 224 g/mol. The number of carbonyl (C=O) groups is 1. The fraction of sp³-hybridized carbons (Fsp3) is 0.636. The fourth-order valence-corrected chi connectivity index (χ4v) is 1.63. The van der Waals surface area contributed by atoms with Crippen LogP contribution in [0.1, 0.15) is 44.1 Å². The number of nitrogen functional groups attached to an aromatic ring is 1. The molecule has 0 aliphatic heterocycles. The van der Waals surface area contributed by atoms with Crippen molar-refractivity contribution in [1.82, 2.24) is 14.7 Å². The Kier molecular flexibility index (Phi) is 3.93. The number of rotatable bonds is 4. The molecule has 5 heteroatoms. The molecule has 0 saturated heterocycles. The van der Waals surface area contributed by atoms with Gasteiger partial charge in [0, 0.05) is 19.1 Å². The van der Waals surface area contributed by atoms with Gasteiger partial charge in [0.2, 0.25) is 0 Å². The van der Waals surface area contributed by atoms with Crippen molar-refractivity contribution in [2.45, 2.75) is 33.7 Å². The third-order valence-corrected chi connectivity index (χ3v) is 2.60. The van der Waals surface area contributed by atoms with Crippen LogP contribution in [-0.2, 0) is 0 Å². The minimum Gasteiger partial charge on any atom is -0.383 e. The Morgan fingerprint density at radius 2 is 2.06 bits per heavy atom. The third-order valence-electron chi connectivity index (χ3n) is 2.60. The van der Waals surface area contributed by atoms with Crippen LogP contribution in [0.3, 0.4) is 0 Å². The number of hydrogen-bond donors (Lipinski definition) is 1. The topological polar surface area (TPSA) is 64.2 Å². The van der Waals surface area contributed by atoms with Crippen LogP contribution in [0.15, 0.2) is 6.20 Å². The van der Waals surface area contributed by atoms with Gasteiger partial charge in [0.1, 0.15) is 11.4 Å². The van der Waals surface area contributed by atoms with Gasteiger partial charge in [-0.1, -0.05) is 0 Å². The first-order valence-corrected chi connectivity index (χ1v) is 5.65. The molecule has 16 heavy (non-hydrogen) atoms. The maximum atomic E-state index is 12.1. The number of nitrogens with zero attached hydrogens (tertiary/aromatic N) is 3. The second kappa shape index (κ2) is 5.01. The summed E-state index contributed by atoms with van der Waals surface area (Å²) in [6.07, 6.45) is 1.55. The van der Waals surface area contributed by atoms with Gasteiger partial charge in [-0.25, -0.2) is 4.68 Å². The van der Waals surface area contributed by atoms with Gasteiger partial charge >= 0.3 is 0 Å². The van der Waals surface area contributed by atoms with Crippen LogP contribution < -0.4 is 5.73 Å². The lowest BCUT2D eigenvalue weighted by atomic mass is 10.2. The molecule has 0 atom stereocenters. The molecule has 0 unspecified atom stereocenters. The summed E-state index contributed by atoms with van der Waals surface area (Å²) in [5, 5.41) is 4.13. The summed E-state index contributed by atoms with van der Waals surface area (Å²) in [4.78, 5) is 13.8. The van der Waals surface area contributed by atoms with Crippen LogP contribution >= 0.6 is 0 Å². The molecular weight excluding hydrogens is 204 g/mol. The Balaban J connectivity index is 3.01. The highest BCUT2D eigenvalue weighted by atomic mass is 16.2. The molecule has 1 aromatic rings. The van der Waals surface area contributed by atoms with Gasteiger partial charge in [0.25, 0.3) is 5.91 Å². The summed E-state index contributed by atoms with van der Waals surface area (Å²) in [5.41, 5.74) is 6.40. The van der Waals surface area contributed by atoms with E-state index >= 15 is 0 Å². The molecule has 1 aromatic heterocycles. The zero-order valence-corrected chi connectivity index (χ0v) is 10.4. The van der Waals surface area contributed by atoms with Crippen LogP contribution in [0, 0.1) is 0 Å². The van der Waals surface area contributed by atoms with E-state index in [0.717, 1.165) is 0 Å². The molecule has 1 amide bonds. The molecule has 0 radical (unpaired) electrons. The van der Waals surface area contributed by atoms with Gasteiger partial charge in [0.05, 0.1) is 6.20 Å². The second-order valence-corrected chi connectivity index (χ2v) is 3.96. The summed E-state index contributed by atoms with van der Waals surface area (Å²) >= 11 is 0. The van der Waals surface area contributed by atoms with E-state index in [1.807, 2.05) is 27.7 Å². The number of amides is 1. The van der Waals surface area contributed by atoms with E-state index in [1.165, 1.54) is 0 Å². The third kappa shape index (κ3) is 2.18. The molecule has 0 aromatic carbocycles. The van der Waals surface area contributed by atoms with E-state index in [-0.39, 0.29) is 11.9 Å². The Morgan fingerprint density at radius 3 is 2.44 bits per heavy atom. The summed E-state index contributed by atoms with van der Waals surface area (Å²) in [6, 6.07) is 0.165. The molecule has 0 saturated carbocycles. The van der Waals surface area contributed by atoms with Gasteiger partial charge < -0.3 is 10.6 Å². The normalized spacial score (nSPS) is 10.8. The minimum absolute atomic E-state index is 0.0469. The number of nitrogens with two attached hydrogens (primary N) is 1. The summed E-state index contributed by atoms with van der Waals surface area (Å²) < 4.78 is 1.66. The summed E-state index contributed by atoms with van der Waals surface area (Å²) in [7, 11) is 0. The van der Waals surface area contributed by atoms with E-state index in [1.54, 1.807) is 15.8 Å². The summed E-state index contributed by atoms with van der Waals surface area (Å²) in [6.45, 7) is 9.22. The standard InChI is InChI=1S/C11H20N4O/c1-5-14(6-2)11(16)9-7-13-15(8(3)4)10(9)12/h7-8H,5-6,12H2,1-4H3. The van der Waals surface area contributed by atoms with Crippen molar-refractivity contribution in [3.8, 4) is 0 Å². The predicted octanol–water partition coefficient (Wildman–Crippen LogP) is 1.53. The molecule has 0 aliphatic rings. The largest absolute Gasteiger partial charge is 0.383 e. The zero-order chi connectivity index (χ0) is 12.3. The lowest BCUT2D eigenvalue weighted by Crippen LogP contribution is -2.30. The van der Waals surface area contributed by atoms with E-state index in [4.69, 9.17) is 5.73 Å². The quantitative estimate of drug-likeness (QED) is 0.843. The van der Waals surface area contributed by atoms with Crippen LogP contribution in [0.4, 0.5) is 5.82 Å². The first-order chi connectivity index (χ1) is 7.52. The van der Waals surface area contributed by atoms with Crippen molar-refractivity contribution in [3.05, 3.63) is 11.8 Å². The van der Waals surface area contributed by atoms with Crippen LogP contribution in [-0.4, -0.2) is 33.7 Å². The van der Waals surface area contributed by atoms with Gasteiger partial charge in [-0.15, -0.1) is 0 Å². The zero-order valence-electron chi connectivity index (χ0n) is 10.4. The van der Waals surface area contributed by atoms with Crippen molar-refractivity contribution in [3.63, 3.8) is 0 Å². The number of hydrogen-bond acceptors (Lipinski definition) is 3. The van der Waals surface area contributed by atoms with Crippen LogP contribution in [0.25, 0.3) is 0 Å². The van der Waals surface area contributed by atoms with E-state index in [0.29, 0.717) is 24.5 Å². The molecule has 1 heterocycles. The van der Waals surface area contributed by atoms with Gasteiger partial charge in [0.15, 0.2) is 0 Å². The molecule has 2 N–H and O–H groups in total. The fourth-order valence-electron chi connectivity index (χ4n) is 1.63. The first kappa shape index (κ1) is 12.5. The van der Waals surface area contributed by atoms with E-state index in [9.17, 15) is 4.79 Å². The highest BCUT2D eigenvalue weighted by Gasteiger charge is 2.19. The van der Waals surface area contributed by atoms with Crippen molar-refractivity contribution < 1.29 is 4.79 Å². The SMILES string of the molecule is CCN(CC)C(=O)c1cnn(C(C)C)c1N. The lowest BCUT2D eigenvalue weighted by Gasteiger charge is -2.18. The highest BCUT2D eigenvalue weighted by Crippen LogP contribution is 2.17. The molecular formula is C11H20N4O. The number of anilines is 1. The monoisotopic (exact) mass is 224 g/mol. The first-order valence-electron chi connectivity index (χ1n) is 5.65. The van der Waals surface area contributed by atoms with Crippen molar-refractivity contribution in [2.24, 2.45) is 0 Å². The van der Waals surface area contributed by atoms with Crippen molar-refractivity contribution in [1.29, 1.82) is 0 Å². The van der Waals surface area contributed by atoms with E-state index < -0.39 is 0 Å². The smallest absolute Gasteiger partial charge is 0.259 e. The second-order valence-electron chi connectivity index (χ2n) is 3.96. The van der Waals surface area contributed by atoms with Crippen molar-refractivity contribution >= 4 is 11.7 Å². The maximum Gasteiger partial charge on any atom is 0.259 e. The minimum atomic E-state index is -0.0469. The molecule has 90 valence electrons. The molecule has 0 bridgehead atoms. The Morgan fingerprint density at radius 1 is 1.50 bits per heavy atom. The Bertz CT molecular complexity index is 366. The van der Waals surface area contributed by atoms with Crippen molar-refractivity contribution in [2.75, 3.05) is 18.8 Å². The Hall–Kier alpha value is -1.52. The molecule has 0 aliphatic carbocycles. The van der Waals surface area contributed by atoms with Gasteiger partial charge in [-0.3, -0.25) is 4.79 Å². The van der Waals surface area contributed by atoms with Gasteiger partial charge in [-0.2, -0.15) is 5.10 Å². The van der Waals surface area contributed by atoms with E-state index in [2.05, 4.69) is 5.10 Å². The maximum absolute atomic E-state index is 12.1. The number of carbonyl (C=O) groups excluding carboxylic acids is 1. The highest BCUT2D eigenvalue weighted by molar-refractivity contribution is 5.98. The Labute approximate surface area is 96.2 Å². The van der Waals surface area contributed by atoms with Crippen LogP contribution in [0.5, 0.6) is 0 Å².